The molecule has 10 heteroatoms. The SMILES string of the molecule is C.C=CCOc1c(C)c2c(c3c1CC1[C@H]4c5c(cc(C)c(OC)c5OCOC)C[C@@H]([C@H](C#N)N1[C@H]3CO)N4C)OCO2. The predicted molar refractivity (Wildman–Crippen MR) is 157 cm³/mol. The first-order valence-electron chi connectivity index (χ1n) is 13.9. The van der Waals surface area contributed by atoms with Gasteiger partial charge in [-0.2, -0.15) is 5.26 Å². The molecule has 10 nitrogen and oxygen atoms in total. The summed E-state index contributed by atoms with van der Waals surface area (Å²) in [5.41, 5.74) is 5.78. The molecule has 2 aromatic rings. The molecule has 1 N–H and O–H groups in total. The summed E-state index contributed by atoms with van der Waals surface area (Å²) in [5.74, 6) is 3.30. The average molecular weight is 580 g/mol. The van der Waals surface area contributed by atoms with Crippen molar-refractivity contribution >= 4 is 0 Å². The van der Waals surface area contributed by atoms with Gasteiger partial charge >= 0.3 is 0 Å². The number of fused-ring (bicyclic) bond motifs is 9. The molecule has 0 aromatic heterocycles. The van der Waals surface area contributed by atoms with Gasteiger partial charge in [0.1, 0.15) is 18.4 Å². The molecule has 1 saturated heterocycles. The lowest BCUT2D eigenvalue weighted by Gasteiger charge is -2.59. The summed E-state index contributed by atoms with van der Waals surface area (Å²) in [6.45, 7) is 8.11. The van der Waals surface area contributed by atoms with E-state index in [2.05, 4.69) is 35.6 Å². The maximum Gasteiger partial charge on any atom is 0.231 e. The Morgan fingerprint density at radius 3 is 2.52 bits per heavy atom. The second-order valence-electron chi connectivity index (χ2n) is 11.1. The number of hydrogen-bond acceptors (Lipinski definition) is 10. The Labute approximate surface area is 247 Å². The molecule has 226 valence electrons. The molecule has 4 aliphatic rings. The van der Waals surface area contributed by atoms with Gasteiger partial charge in [-0.3, -0.25) is 9.80 Å². The number of aliphatic hydroxyl groups is 1. The van der Waals surface area contributed by atoms with Crippen molar-refractivity contribution in [3.63, 3.8) is 0 Å². The largest absolute Gasteiger partial charge is 0.493 e. The number of aryl methyl sites for hydroxylation is 1. The Hall–Kier alpha value is -3.49. The van der Waals surface area contributed by atoms with Crippen LogP contribution in [0.3, 0.4) is 0 Å². The first-order valence-corrected chi connectivity index (χ1v) is 13.9. The van der Waals surface area contributed by atoms with E-state index in [1.807, 2.05) is 13.8 Å². The lowest BCUT2D eigenvalue weighted by atomic mass is 9.71. The van der Waals surface area contributed by atoms with Crippen LogP contribution in [0.25, 0.3) is 0 Å². The van der Waals surface area contributed by atoms with Crippen molar-refractivity contribution in [2.75, 3.05) is 48.1 Å². The van der Waals surface area contributed by atoms with E-state index in [-0.39, 0.29) is 45.7 Å². The number of aliphatic hydroxyl groups excluding tert-OH is 1. The first kappa shape index (κ1) is 30.0. The van der Waals surface area contributed by atoms with E-state index in [0.717, 1.165) is 33.4 Å². The zero-order chi connectivity index (χ0) is 29.0. The Bertz CT molecular complexity index is 1420. The Morgan fingerprint density at radius 1 is 1.10 bits per heavy atom. The van der Waals surface area contributed by atoms with Crippen LogP contribution in [-0.4, -0.2) is 81.1 Å². The van der Waals surface area contributed by atoms with Crippen molar-refractivity contribution in [3.05, 3.63) is 52.1 Å². The van der Waals surface area contributed by atoms with Crippen molar-refractivity contribution in [2.24, 2.45) is 0 Å². The van der Waals surface area contributed by atoms with E-state index in [1.54, 1.807) is 20.3 Å². The van der Waals surface area contributed by atoms with Crippen LogP contribution in [0.2, 0.25) is 0 Å². The summed E-state index contributed by atoms with van der Waals surface area (Å²) in [5, 5.41) is 21.6. The third-order valence-electron chi connectivity index (χ3n) is 9.09. The lowest BCUT2D eigenvalue weighted by molar-refractivity contribution is -0.0832. The van der Waals surface area contributed by atoms with Gasteiger partial charge in [-0.25, -0.2) is 0 Å². The highest BCUT2D eigenvalue weighted by atomic mass is 16.7. The van der Waals surface area contributed by atoms with Crippen LogP contribution in [0.5, 0.6) is 28.7 Å². The second-order valence-corrected chi connectivity index (χ2v) is 11.1. The molecular weight excluding hydrogens is 538 g/mol. The molecule has 0 aliphatic carbocycles. The van der Waals surface area contributed by atoms with Gasteiger partial charge in [-0.1, -0.05) is 26.1 Å². The molecule has 4 heterocycles. The van der Waals surface area contributed by atoms with Crippen LogP contribution in [0.4, 0.5) is 0 Å². The van der Waals surface area contributed by atoms with E-state index >= 15 is 0 Å². The van der Waals surface area contributed by atoms with E-state index in [4.69, 9.17) is 28.4 Å². The summed E-state index contributed by atoms with van der Waals surface area (Å²) >= 11 is 0. The highest BCUT2D eigenvalue weighted by Gasteiger charge is 2.56. The van der Waals surface area contributed by atoms with Gasteiger partial charge in [0.25, 0.3) is 0 Å². The fourth-order valence-corrected chi connectivity index (χ4v) is 7.58. The standard InChI is InChI=1S/C31H37N3O7.CH4/c1-7-8-38-28-17(3)29-31(41-15-40-29)25-19(28)11-21-26-24-18(9-16(2)27(37-6)30(24)39-14-36-5)10-20(33(26)4)22(12-32)34(21)23(25)13-35;/h7,9,20-23,26,35H,1,8,10-11,13-15H2,2-6H3;1H4/t20-,21?,22-,23-,26-;/m0./s1. The third kappa shape index (κ3) is 4.21. The molecule has 0 amide bonds. The Kier molecular flexibility index (Phi) is 8.32. The van der Waals surface area contributed by atoms with Crippen LogP contribution in [-0.2, 0) is 17.6 Å². The summed E-state index contributed by atoms with van der Waals surface area (Å²) in [4.78, 5) is 4.50. The molecule has 1 fully saturated rings. The molecule has 1 unspecified atom stereocenters. The first-order chi connectivity index (χ1) is 19.9. The minimum absolute atomic E-state index is 0. The van der Waals surface area contributed by atoms with Crippen molar-refractivity contribution in [2.45, 2.75) is 64.3 Å². The highest BCUT2D eigenvalue weighted by molar-refractivity contribution is 5.66. The quantitative estimate of drug-likeness (QED) is 0.365. The van der Waals surface area contributed by atoms with Crippen LogP contribution in [0, 0.1) is 25.2 Å². The van der Waals surface area contributed by atoms with E-state index in [1.165, 1.54) is 0 Å². The maximum absolute atomic E-state index is 11.0. The summed E-state index contributed by atoms with van der Waals surface area (Å²) in [7, 11) is 5.32. The van der Waals surface area contributed by atoms with Crippen LogP contribution in [0.1, 0.15) is 52.9 Å². The zero-order valence-electron chi connectivity index (χ0n) is 24.2. The molecular formula is C32H41N3O7. The number of piperazine rings is 1. The third-order valence-corrected chi connectivity index (χ3v) is 9.09. The number of hydrogen-bond donors (Lipinski definition) is 1. The number of likely N-dealkylation sites (N-methyl/N-ethyl adjacent to an activating group) is 1. The van der Waals surface area contributed by atoms with Crippen molar-refractivity contribution in [3.8, 4) is 34.8 Å². The fraction of sp³-hybridized carbons (Fsp3) is 0.531. The number of methoxy groups -OCH3 is 2. The number of rotatable bonds is 8. The van der Waals surface area contributed by atoms with Crippen molar-refractivity contribution < 1.29 is 33.5 Å². The normalized spacial score (nSPS) is 25.3. The van der Waals surface area contributed by atoms with Gasteiger partial charge in [0.15, 0.2) is 29.8 Å². The molecule has 0 radical (unpaired) electrons. The van der Waals surface area contributed by atoms with Gasteiger partial charge in [0.2, 0.25) is 6.79 Å². The lowest BCUT2D eigenvalue weighted by Crippen LogP contribution is -2.68. The summed E-state index contributed by atoms with van der Waals surface area (Å²) < 4.78 is 35.6. The zero-order valence-corrected chi connectivity index (χ0v) is 24.2. The summed E-state index contributed by atoms with van der Waals surface area (Å²) in [6, 6.07) is 3.36. The van der Waals surface area contributed by atoms with E-state index in [0.29, 0.717) is 48.2 Å². The van der Waals surface area contributed by atoms with E-state index < -0.39 is 12.1 Å². The van der Waals surface area contributed by atoms with E-state index in [9.17, 15) is 10.4 Å². The molecule has 42 heavy (non-hydrogen) atoms. The second kappa shape index (κ2) is 11.7. The average Bonchev–Trinajstić information content (AvgIpc) is 3.46. The molecule has 5 atom stereocenters. The van der Waals surface area contributed by atoms with Gasteiger partial charge in [0.05, 0.1) is 31.9 Å². The number of nitrogens with zero attached hydrogens (tertiary/aromatic N) is 3. The van der Waals surface area contributed by atoms with Crippen LogP contribution < -0.4 is 23.7 Å². The monoisotopic (exact) mass is 579 g/mol. The number of ether oxygens (including phenoxy) is 6. The predicted octanol–water partition coefficient (Wildman–Crippen LogP) is 3.99. The number of benzene rings is 2. The topological polar surface area (TPSA) is 106 Å². The summed E-state index contributed by atoms with van der Waals surface area (Å²) in [6.07, 6.45) is 2.93. The van der Waals surface area contributed by atoms with Crippen molar-refractivity contribution in [1.29, 1.82) is 5.26 Å². The molecule has 2 bridgehead atoms. The number of nitriles is 1. The molecule has 2 aromatic carbocycles. The molecule has 4 aliphatic heterocycles. The van der Waals surface area contributed by atoms with Crippen LogP contribution >= 0.6 is 0 Å². The smallest absolute Gasteiger partial charge is 0.231 e. The van der Waals surface area contributed by atoms with Crippen LogP contribution in [0.15, 0.2) is 18.7 Å². The Morgan fingerprint density at radius 2 is 1.86 bits per heavy atom. The minimum Gasteiger partial charge on any atom is -0.493 e. The molecule has 0 saturated carbocycles. The fourth-order valence-electron chi connectivity index (χ4n) is 7.58. The highest BCUT2D eigenvalue weighted by Crippen LogP contribution is 2.58. The minimum atomic E-state index is -0.494. The molecule has 0 spiro atoms. The van der Waals surface area contributed by atoms with Gasteiger partial charge < -0.3 is 33.5 Å². The Balaban J connectivity index is 0.00000353. The maximum atomic E-state index is 11.0. The van der Waals surface area contributed by atoms with Crippen molar-refractivity contribution in [1.82, 2.24) is 9.80 Å². The molecule has 6 rings (SSSR count). The van der Waals surface area contributed by atoms with Gasteiger partial charge in [-0.05, 0) is 44.9 Å². The van der Waals surface area contributed by atoms with Gasteiger partial charge in [-0.15, -0.1) is 0 Å². The van der Waals surface area contributed by atoms with Gasteiger partial charge in [0, 0.05) is 41.4 Å².